The largest absolute Gasteiger partial charge is 0.497 e. The van der Waals surface area contributed by atoms with Crippen molar-refractivity contribution in [3.8, 4) is 11.5 Å². The molecule has 0 spiro atoms. The van der Waals surface area contributed by atoms with E-state index < -0.39 is 0 Å². The lowest BCUT2D eigenvalue weighted by atomic mass is 10.2. The number of rotatable bonds is 6. The highest BCUT2D eigenvalue weighted by molar-refractivity contribution is 6.30. The van der Waals surface area contributed by atoms with Crippen molar-refractivity contribution in [1.82, 2.24) is 9.97 Å². The third kappa shape index (κ3) is 4.65. The Bertz CT molecular complexity index is 931. The first-order valence-corrected chi connectivity index (χ1v) is 8.35. The number of halogens is 1. The van der Waals surface area contributed by atoms with Crippen LogP contribution in [0, 0.1) is 0 Å². The molecular formula is C19H17ClN4O3. The summed E-state index contributed by atoms with van der Waals surface area (Å²) >= 11 is 5.86. The molecule has 1 amide bonds. The predicted molar refractivity (Wildman–Crippen MR) is 104 cm³/mol. The number of methoxy groups -OCH3 is 2. The highest BCUT2D eigenvalue weighted by Gasteiger charge is 2.12. The summed E-state index contributed by atoms with van der Waals surface area (Å²) in [5, 5.41) is 6.44. The summed E-state index contributed by atoms with van der Waals surface area (Å²) in [4.78, 5) is 20.8. The molecule has 27 heavy (non-hydrogen) atoms. The molecule has 0 aliphatic heterocycles. The Morgan fingerprint density at radius 2 is 1.70 bits per heavy atom. The van der Waals surface area contributed by atoms with E-state index in [2.05, 4.69) is 20.6 Å². The van der Waals surface area contributed by atoms with E-state index >= 15 is 0 Å². The van der Waals surface area contributed by atoms with Crippen LogP contribution in [-0.2, 0) is 0 Å². The molecule has 8 heteroatoms. The fourth-order valence-corrected chi connectivity index (χ4v) is 2.40. The second-order valence-electron chi connectivity index (χ2n) is 5.45. The third-order valence-corrected chi connectivity index (χ3v) is 3.92. The Morgan fingerprint density at radius 1 is 1.00 bits per heavy atom. The highest BCUT2D eigenvalue weighted by Crippen LogP contribution is 2.29. The first kappa shape index (κ1) is 18.5. The van der Waals surface area contributed by atoms with E-state index in [1.54, 1.807) is 49.6 Å². The molecular weight excluding hydrogens is 368 g/mol. The first-order valence-electron chi connectivity index (χ1n) is 7.97. The molecule has 1 aromatic heterocycles. The van der Waals surface area contributed by atoms with Crippen molar-refractivity contribution < 1.29 is 14.3 Å². The van der Waals surface area contributed by atoms with Gasteiger partial charge in [-0.2, -0.15) is 0 Å². The van der Waals surface area contributed by atoms with E-state index in [0.29, 0.717) is 33.7 Å². The van der Waals surface area contributed by atoms with Gasteiger partial charge in [0.2, 0.25) is 5.95 Å². The van der Waals surface area contributed by atoms with Crippen LogP contribution in [-0.4, -0.2) is 30.1 Å². The molecule has 0 saturated carbocycles. The van der Waals surface area contributed by atoms with Crippen molar-refractivity contribution in [1.29, 1.82) is 0 Å². The molecule has 0 aliphatic rings. The zero-order valence-corrected chi connectivity index (χ0v) is 15.4. The average molecular weight is 385 g/mol. The molecule has 2 N–H and O–H groups in total. The normalized spacial score (nSPS) is 10.2. The van der Waals surface area contributed by atoms with Gasteiger partial charge in [-0.15, -0.1) is 0 Å². The van der Waals surface area contributed by atoms with Gasteiger partial charge in [-0.1, -0.05) is 11.6 Å². The van der Waals surface area contributed by atoms with Gasteiger partial charge in [0.05, 0.1) is 25.5 Å². The smallest absolute Gasteiger partial charge is 0.258 e. The lowest BCUT2D eigenvalue weighted by Gasteiger charge is -2.11. The third-order valence-electron chi connectivity index (χ3n) is 3.67. The second-order valence-corrected chi connectivity index (χ2v) is 5.88. The number of amides is 1. The van der Waals surface area contributed by atoms with Gasteiger partial charge in [-0.3, -0.25) is 4.79 Å². The van der Waals surface area contributed by atoms with Crippen LogP contribution in [0.3, 0.4) is 0 Å². The molecule has 0 saturated heterocycles. The molecule has 0 fully saturated rings. The monoisotopic (exact) mass is 384 g/mol. The molecule has 0 bridgehead atoms. The Kier molecular flexibility index (Phi) is 5.73. The van der Waals surface area contributed by atoms with Crippen LogP contribution in [0.5, 0.6) is 11.5 Å². The van der Waals surface area contributed by atoms with Gasteiger partial charge in [0, 0.05) is 29.2 Å². The van der Waals surface area contributed by atoms with Gasteiger partial charge in [-0.25, -0.2) is 9.97 Å². The average Bonchev–Trinajstić information content (AvgIpc) is 2.70. The van der Waals surface area contributed by atoms with Gasteiger partial charge >= 0.3 is 0 Å². The summed E-state index contributed by atoms with van der Waals surface area (Å²) in [6, 6.07) is 12.3. The molecule has 3 aromatic rings. The van der Waals surface area contributed by atoms with Crippen molar-refractivity contribution in [2.75, 3.05) is 24.9 Å². The minimum absolute atomic E-state index is 0.307. The van der Waals surface area contributed by atoms with E-state index in [4.69, 9.17) is 21.1 Å². The van der Waals surface area contributed by atoms with E-state index in [1.807, 2.05) is 0 Å². The van der Waals surface area contributed by atoms with Gasteiger partial charge in [0.1, 0.15) is 11.5 Å². The SMILES string of the molecule is COc1ccc(OC)c(NC(=O)c2cnc(Nc3ccc(Cl)cc3)nc2)c1. The van der Waals surface area contributed by atoms with Gasteiger partial charge in [0.15, 0.2) is 0 Å². The minimum atomic E-state index is -0.361. The van der Waals surface area contributed by atoms with Crippen LogP contribution in [0.2, 0.25) is 5.02 Å². The zero-order valence-electron chi connectivity index (χ0n) is 14.7. The lowest BCUT2D eigenvalue weighted by molar-refractivity contribution is 0.102. The molecule has 7 nitrogen and oxygen atoms in total. The maximum absolute atomic E-state index is 12.5. The quantitative estimate of drug-likeness (QED) is 0.664. The highest BCUT2D eigenvalue weighted by atomic mass is 35.5. The summed E-state index contributed by atoms with van der Waals surface area (Å²) in [7, 11) is 3.07. The number of nitrogens with one attached hydrogen (secondary N) is 2. The second kappa shape index (κ2) is 8.37. The standard InChI is InChI=1S/C19H17ClN4O3/c1-26-15-7-8-17(27-2)16(9-15)24-18(25)12-10-21-19(22-11-12)23-14-5-3-13(20)4-6-14/h3-11H,1-2H3,(H,24,25)(H,21,22,23). The first-order chi connectivity index (χ1) is 13.1. The summed E-state index contributed by atoms with van der Waals surface area (Å²) in [6.45, 7) is 0. The molecule has 1 heterocycles. The maximum Gasteiger partial charge on any atom is 0.258 e. The molecule has 0 aliphatic carbocycles. The molecule has 138 valence electrons. The topological polar surface area (TPSA) is 85.4 Å². The molecule has 0 unspecified atom stereocenters. The number of benzene rings is 2. The summed E-state index contributed by atoms with van der Waals surface area (Å²) in [5.74, 6) is 1.13. The number of nitrogens with zero attached hydrogens (tertiary/aromatic N) is 2. The van der Waals surface area contributed by atoms with Crippen LogP contribution >= 0.6 is 11.6 Å². The van der Waals surface area contributed by atoms with Gasteiger partial charge in [0.25, 0.3) is 5.91 Å². The van der Waals surface area contributed by atoms with E-state index in [-0.39, 0.29) is 5.91 Å². The Labute approximate surface area is 161 Å². The zero-order chi connectivity index (χ0) is 19.2. The Balaban J connectivity index is 1.71. The van der Waals surface area contributed by atoms with Crippen molar-refractivity contribution in [2.24, 2.45) is 0 Å². The van der Waals surface area contributed by atoms with Gasteiger partial charge in [-0.05, 0) is 36.4 Å². The van der Waals surface area contributed by atoms with Crippen molar-refractivity contribution in [3.05, 3.63) is 65.4 Å². The van der Waals surface area contributed by atoms with Crippen molar-refractivity contribution >= 4 is 34.8 Å². The van der Waals surface area contributed by atoms with Crippen LogP contribution in [0.4, 0.5) is 17.3 Å². The van der Waals surface area contributed by atoms with E-state index in [1.165, 1.54) is 19.5 Å². The van der Waals surface area contributed by atoms with Crippen LogP contribution < -0.4 is 20.1 Å². The van der Waals surface area contributed by atoms with Crippen LogP contribution in [0.15, 0.2) is 54.9 Å². The number of hydrogen-bond acceptors (Lipinski definition) is 6. The summed E-state index contributed by atoms with van der Waals surface area (Å²) in [5.41, 5.74) is 1.59. The number of aromatic nitrogens is 2. The fraction of sp³-hybridized carbons (Fsp3) is 0.105. The van der Waals surface area contributed by atoms with Gasteiger partial charge < -0.3 is 20.1 Å². The summed E-state index contributed by atoms with van der Waals surface area (Å²) < 4.78 is 10.4. The van der Waals surface area contributed by atoms with Crippen LogP contribution in [0.25, 0.3) is 0 Å². The molecule has 2 aromatic carbocycles. The lowest BCUT2D eigenvalue weighted by Crippen LogP contribution is -2.14. The number of ether oxygens (including phenoxy) is 2. The van der Waals surface area contributed by atoms with Crippen LogP contribution in [0.1, 0.15) is 10.4 Å². The maximum atomic E-state index is 12.5. The van der Waals surface area contributed by atoms with Crippen molar-refractivity contribution in [3.63, 3.8) is 0 Å². The Morgan fingerprint density at radius 3 is 2.33 bits per heavy atom. The molecule has 3 rings (SSSR count). The van der Waals surface area contributed by atoms with E-state index in [0.717, 1.165) is 5.69 Å². The predicted octanol–water partition coefficient (Wildman–Crippen LogP) is 4.14. The minimum Gasteiger partial charge on any atom is -0.497 e. The number of hydrogen-bond donors (Lipinski definition) is 2. The number of carbonyl (C=O) groups excluding carboxylic acids is 1. The number of carbonyl (C=O) groups is 1. The number of anilines is 3. The molecule has 0 atom stereocenters. The fourth-order valence-electron chi connectivity index (χ4n) is 2.28. The Hall–Kier alpha value is -3.32. The van der Waals surface area contributed by atoms with Crippen molar-refractivity contribution in [2.45, 2.75) is 0 Å². The molecule has 0 radical (unpaired) electrons. The van der Waals surface area contributed by atoms with E-state index in [9.17, 15) is 4.79 Å². The summed E-state index contributed by atoms with van der Waals surface area (Å²) in [6.07, 6.45) is 2.88.